The Kier molecular flexibility index (Phi) is 3.98. The first-order chi connectivity index (χ1) is 8.40. The lowest BCUT2D eigenvalue weighted by Gasteiger charge is -2.32. The smallest absolute Gasteiger partial charge is 0.141 e. The van der Waals surface area contributed by atoms with Gasteiger partial charge in [-0.2, -0.15) is 0 Å². The van der Waals surface area contributed by atoms with Gasteiger partial charge in [0.05, 0.1) is 5.02 Å². The average Bonchev–Trinajstić information content (AvgIpc) is 2.63. The molecule has 0 aliphatic heterocycles. The Bertz CT molecular complexity index is 431. The van der Waals surface area contributed by atoms with Crippen LogP contribution in [0.3, 0.4) is 0 Å². The summed E-state index contributed by atoms with van der Waals surface area (Å²) in [6, 6.07) is 5.02. The van der Waals surface area contributed by atoms with Crippen molar-refractivity contribution in [1.29, 1.82) is 0 Å². The molecule has 1 fully saturated rings. The summed E-state index contributed by atoms with van der Waals surface area (Å²) in [6.07, 6.45) is 4.47. The van der Waals surface area contributed by atoms with E-state index >= 15 is 0 Å². The van der Waals surface area contributed by atoms with Gasteiger partial charge in [0, 0.05) is 6.04 Å². The van der Waals surface area contributed by atoms with E-state index in [0.29, 0.717) is 11.3 Å². The molecule has 1 saturated carbocycles. The SMILES string of the molecule is CC1(C)CCCC1C(N)Cc1ccc(F)c(Cl)c1. The van der Waals surface area contributed by atoms with Gasteiger partial charge in [-0.25, -0.2) is 4.39 Å². The number of halogens is 2. The minimum absolute atomic E-state index is 0.129. The molecule has 0 radical (unpaired) electrons. The van der Waals surface area contributed by atoms with E-state index in [4.69, 9.17) is 17.3 Å². The van der Waals surface area contributed by atoms with Crippen LogP contribution in [0.2, 0.25) is 5.02 Å². The first kappa shape index (κ1) is 13.8. The topological polar surface area (TPSA) is 26.0 Å². The summed E-state index contributed by atoms with van der Waals surface area (Å²) in [4.78, 5) is 0. The Balaban J connectivity index is 2.07. The molecule has 0 aromatic heterocycles. The van der Waals surface area contributed by atoms with Crippen molar-refractivity contribution >= 4 is 11.6 Å². The van der Waals surface area contributed by atoms with Crippen molar-refractivity contribution in [3.63, 3.8) is 0 Å². The molecule has 2 rings (SSSR count). The second-order valence-electron chi connectivity index (χ2n) is 6.10. The molecule has 0 amide bonds. The summed E-state index contributed by atoms with van der Waals surface area (Å²) in [5, 5.41) is 0.186. The minimum Gasteiger partial charge on any atom is -0.327 e. The summed E-state index contributed by atoms with van der Waals surface area (Å²) in [7, 11) is 0. The van der Waals surface area contributed by atoms with Gasteiger partial charge in [0.15, 0.2) is 0 Å². The highest BCUT2D eigenvalue weighted by atomic mass is 35.5. The van der Waals surface area contributed by atoms with E-state index in [2.05, 4.69) is 13.8 Å². The number of rotatable bonds is 3. The number of benzene rings is 1. The third-order valence-electron chi connectivity index (χ3n) is 4.31. The van der Waals surface area contributed by atoms with Crippen molar-refractivity contribution in [3.05, 3.63) is 34.6 Å². The van der Waals surface area contributed by atoms with E-state index in [1.54, 1.807) is 12.1 Å². The second kappa shape index (κ2) is 5.18. The summed E-state index contributed by atoms with van der Waals surface area (Å²) < 4.78 is 13.1. The standard InChI is InChI=1S/C15H21ClFN/c1-15(2)7-3-4-11(15)14(18)9-10-5-6-13(17)12(16)8-10/h5-6,8,11,14H,3-4,7,9,18H2,1-2H3. The molecule has 1 aliphatic rings. The van der Waals surface area contributed by atoms with E-state index in [1.807, 2.05) is 0 Å². The van der Waals surface area contributed by atoms with Gasteiger partial charge in [-0.05, 0) is 48.3 Å². The molecule has 2 N–H and O–H groups in total. The van der Waals surface area contributed by atoms with E-state index in [0.717, 1.165) is 12.0 Å². The predicted molar refractivity (Wildman–Crippen MR) is 74.2 cm³/mol. The molecule has 18 heavy (non-hydrogen) atoms. The van der Waals surface area contributed by atoms with Crippen LogP contribution in [0.1, 0.15) is 38.7 Å². The molecule has 0 heterocycles. The van der Waals surface area contributed by atoms with Crippen molar-refractivity contribution in [2.45, 2.75) is 45.6 Å². The molecule has 0 bridgehead atoms. The van der Waals surface area contributed by atoms with Crippen LogP contribution in [0, 0.1) is 17.2 Å². The largest absolute Gasteiger partial charge is 0.327 e. The fourth-order valence-electron chi connectivity index (χ4n) is 3.23. The van der Waals surface area contributed by atoms with Crippen molar-refractivity contribution in [3.8, 4) is 0 Å². The van der Waals surface area contributed by atoms with E-state index in [-0.39, 0.29) is 16.9 Å². The third-order valence-corrected chi connectivity index (χ3v) is 4.60. The first-order valence-electron chi connectivity index (χ1n) is 6.59. The highest BCUT2D eigenvalue weighted by Crippen LogP contribution is 2.44. The molecule has 2 unspecified atom stereocenters. The first-order valence-corrected chi connectivity index (χ1v) is 6.97. The fourth-order valence-corrected chi connectivity index (χ4v) is 3.43. The normalized spacial score (nSPS) is 24.2. The molecule has 1 aliphatic carbocycles. The number of hydrogen-bond acceptors (Lipinski definition) is 1. The van der Waals surface area contributed by atoms with Crippen molar-refractivity contribution in [1.82, 2.24) is 0 Å². The molecule has 3 heteroatoms. The van der Waals surface area contributed by atoms with Gasteiger partial charge in [0.2, 0.25) is 0 Å². The lowest BCUT2D eigenvalue weighted by Crippen LogP contribution is -2.38. The Morgan fingerprint density at radius 1 is 1.50 bits per heavy atom. The van der Waals surface area contributed by atoms with Crippen LogP contribution in [0.15, 0.2) is 18.2 Å². The number of nitrogens with two attached hydrogens (primary N) is 1. The maximum atomic E-state index is 13.1. The van der Waals surface area contributed by atoms with Gasteiger partial charge < -0.3 is 5.73 Å². The zero-order valence-corrected chi connectivity index (χ0v) is 11.8. The molecule has 1 nitrogen and oxygen atoms in total. The second-order valence-corrected chi connectivity index (χ2v) is 6.51. The Morgan fingerprint density at radius 2 is 2.22 bits per heavy atom. The monoisotopic (exact) mass is 269 g/mol. The lowest BCUT2D eigenvalue weighted by atomic mass is 9.76. The summed E-state index contributed by atoms with van der Waals surface area (Å²) in [6.45, 7) is 4.59. The van der Waals surface area contributed by atoms with Gasteiger partial charge >= 0.3 is 0 Å². The Morgan fingerprint density at radius 3 is 2.78 bits per heavy atom. The number of hydrogen-bond donors (Lipinski definition) is 1. The van der Waals surface area contributed by atoms with Crippen molar-refractivity contribution < 1.29 is 4.39 Å². The van der Waals surface area contributed by atoms with Crippen LogP contribution in [-0.2, 0) is 6.42 Å². The Hall–Kier alpha value is -0.600. The zero-order valence-electron chi connectivity index (χ0n) is 11.0. The maximum absolute atomic E-state index is 13.1. The Labute approximate surface area is 114 Å². The average molecular weight is 270 g/mol. The van der Waals surface area contributed by atoms with Gasteiger partial charge in [-0.1, -0.05) is 37.9 Å². The van der Waals surface area contributed by atoms with E-state index < -0.39 is 0 Å². The van der Waals surface area contributed by atoms with E-state index in [9.17, 15) is 4.39 Å². The van der Waals surface area contributed by atoms with Crippen LogP contribution >= 0.6 is 11.6 Å². The van der Waals surface area contributed by atoms with Gasteiger partial charge in [0.25, 0.3) is 0 Å². The molecule has 1 aromatic rings. The fraction of sp³-hybridized carbons (Fsp3) is 0.600. The predicted octanol–water partition coefficient (Wildman–Crippen LogP) is 4.18. The van der Waals surface area contributed by atoms with E-state index in [1.165, 1.54) is 25.3 Å². The maximum Gasteiger partial charge on any atom is 0.141 e. The van der Waals surface area contributed by atoms with Crippen molar-refractivity contribution in [2.75, 3.05) is 0 Å². The molecule has 0 saturated heterocycles. The summed E-state index contributed by atoms with van der Waals surface area (Å²) in [5.74, 6) is 0.177. The third kappa shape index (κ3) is 2.86. The molecular weight excluding hydrogens is 249 g/mol. The molecule has 100 valence electrons. The van der Waals surface area contributed by atoms with Gasteiger partial charge in [-0.15, -0.1) is 0 Å². The van der Waals surface area contributed by atoms with Gasteiger partial charge in [0.1, 0.15) is 5.82 Å². The molecule has 0 spiro atoms. The van der Waals surface area contributed by atoms with Crippen LogP contribution in [0.4, 0.5) is 4.39 Å². The minimum atomic E-state index is -0.366. The van der Waals surface area contributed by atoms with Crippen molar-refractivity contribution in [2.24, 2.45) is 17.1 Å². The summed E-state index contributed by atoms with van der Waals surface area (Å²) in [5.41, 5.74) is 7.69. The molecule has 1 aromatic carbocycles. The summed E-state index contributed by atoms with van der Waals surface area (Å²) >= 11 is 5.80. The quantitative estimate of drug-likeness (QED) is 0.875. The highest BCUT2D eigenvalue weighted by molar-refractivity contribution is 6.30. The lowest BCUT2D eigenvalue weighted by molar-refractivity contribution is 0.220. The van der Waals surface area contributed by atoms with Crippen LogP contribution in [-0.4, -0.2) is 6.04 Å². The molecular formula is C15H21ClFN. The van der Waals surface area contributed by atoms with Crippen LogP contribution in [0.25, 0.3) is 0 Å². The van der Waals surface area contributed by atoms with Gasteiger partial charge in [-0.3, -0.25) is 0 Å². The van der Waals surface area contributed by atoms with Crippen LogP contribution < -0.4 is 5.73 Å². The molecule has 2 atom stereocenters. The van der Waals surface area contributed by atoms with Crippen LogP contribution in [0.5, 0.6) is 0 Å². The highest BCUT2D eigenvalue weighted by Gasteiger charge is 2.37. The zero-order chi connectivity index (χ0) is 13.3.